The standard InChI is InChI=1S/C14H19N3OS/c1-9-5-6-11(10(15)7-9)19-8-12-16-13(18-17-12)14(2,3)4/h5-7H,8,15H2,1-4H3. The van der Waals surface area contributed by atoms with Crippen molar-refractivity contribution in [1.29, 1.82) is 0 Å². The van der Waals surface area contributed by atoms with Crippen molar-refractivity contribution < 1.29 is 4.52 Å². The number of hydrogen-bond donors (Lipinski definition) is 1. The Balaban J connectivity index is 2.04. The second kappa shape index (κ2) is 5.25. The number of nitrogen functional groups attached to an aromatic ring is 1. The van der Waals surface area contributed by atoms with Crippen molar-refractivity contribution in [2.75, 3.05) is 5.73 Å². The third-order valence-electron chi connectivity index (χ3n) is 2.63. The highest BCUT2D eigenvalue weighted by Crippen LogP contribution is 2.28. The van der Waals surface area contributed by atoms with Crippen molar-refractivity contribution in [3.63, 3.8) is 0 Å². The zero-order chi connectivity index (χ0) is 14.0. The van der Waals surface area contributed by atoms with Crippen molar-refractivity contribution in [1.82, 2.24) is 10.1 Å². The van der Waals surface area contributed by atoms with Crippen molar-refractivity contribution in [3.05, 3.63) is 35.5 Å². The Hall–Kier alpha value is -1.49. The molecule has 0 spiro atoms. The highest BCUT2D eigenvalue weighted by atomic mass is 32.2. The van der Waals surface area contributed by atoms with Gasteiger partial charge in [-0.15, -0.1) is 11.8 Å². The topological polar surface area (TPSA) is 64.9 Å². The predicted molar refractivity (Wildman–Crippen MR) is 78.2 cm³/mol. The summed E-state index contributed by atoms with van der Waals surface area (Å²) in [6.45, 7) is 8.18. The number of aryl methyl sites for hydroxylation is 1. The van der Waals surface area contributed by atoms with Gasteiger partial charge in [-0.25, -0.2) is 0 Å². The molecule has 1 aromatic heterocycles. The summed E-state index contributed by atoms with van der Waals surface area (Å²) in [5.74, 6) is 2.03. The smallest absolute Gasteiger partial charge is 0.232 e. The fraction of sp³-hybridized carbons (Fsp3) is 0.429. The number of aromatic nitrogens is 2. The van der Waals surface area contributed by atoms with Crippen LogP contribution in [0.1, 0.15) is 38.0 Å². The van der Waals surface area contributed by atoms with Crippen molar-refractivity contribution in [3.8, 4) is 0 Å². The van der Waals surface area contributed by atoms with E-state index in [-0.39, 0.29) is 5.41 Å². The van der Waals surface area contributed by atoms with Crippen LogP contribution >= 0.6 is 11.8 Å². The second-order valence-corrected chi connectivity index (χ2v) is 6.61. The summed E-state index contributed by atoms with van der Waals surface area (Å²) in [6, 6.07) is 6.05. The van der Waals surface area contributed by atoms with Crippen LogP contribution < -0.4 is 5.73 Å². The Kier molecular flexibility index (Phi) is 3.85. The van der Waals surface area contributed by atoms with E-state index in [0.717, 1.165) is 16.1 Å². The van der Waals surface area contributed by atoms with Gasteiger partial charge in [-0.1, -0.05) is 32.0 Å². The van der Waals surface area contributed by atoms with E-state index in [2.05, 4.69) is 37.0 Å². The maximum atomic E-state index is 5.97. The van der Waals surface area contributed by atoms with Crippen LogP contribution in [-0.4, -0.2) is 10.1 Å². The van der Waals surface area contributed by atoms with Gasteiger partial charge >= 0.3 is 0 Å². The minimum atomic E-state index is -0.112. The highest BCUT2D eigenvalue weighted by molar-refractivity contribution is 7.98. The zero-order valence-corrected chi connectivity index (χ0v) is 12.5. The lowest BCUT2D eigenvalue weighted by atomic mass is 9.97. The summed E-state index contributed by atoms with van der Waals surface area (Å²) < 4.78 is 5.26. The Labute approximate surface area is 117 Å². The summed E-state index contributed by atoms with van der Waals surface area (Å²) in [5, 5.41) is 4.00. The Bertz CT molecular complexity index is 572. The van der Waals surface area contributed by atoms with Crippen molar-refractivity contribution >= 4 is 17.4 Å². The van der Waals surface area contributed by atoms with Gasteiger partial charge in [0.2, 0.25) is 5.89 Å². The van der Waals surface area contributed by atoms with Crippen LogP contribution in [0.2, 0.25) is 0 Å². The molecule has 0 aliphatic rings. The number of nitrogens with two attached hydrogens (primary N) is 1. The number of hydrogen-bond acceptors (Lipinski definition) is 5. The molecule has 19 heavy (non-hydrogen) atoms. The maximum Gasteiger partial charge on any atom is 0.232 e. The third kappa shape index (κ3) is 3.50. The maximum absolute atomic E-state index is 5.97. The van der Waals surface area contributed by atoms with Gasteiger partial charge in [-0.05, 0) is 24.6 Å². The molecule has 0 fully saturated rings. The van der Waals surface area contributed by atoms with E-state index in [9.17, 15) is 0 Å². The SMILES string of the molecule is Cc1ccc(SCc2noc(C(C)(C)C)n2)c(N)c1. The van der Waals surface area contributed by atoms with Gasteiger partial charge in [-0.2, -0.15) is 4.98 Å². The van der Waals surface area contributed by atoms with Gasteiger partial charge in [0.1, 0.15) is 0 Å². The molecule has 0 aliphatic carbocycles. The van der Waals surface area contributed by atoms with Crippen LogP contribution in [0.25, 0.3) is 0 Å². The molecule has 0 amide bonds. The van der Waals surface area contributed by atoms with Crippen LogP contribution in [0, 0.1) is 6.92 Å². The first-order chi connectivity index (χ1) is 8.86. The lowest BCUT2D eigenvalue weighted by Gasteiger charge is -2.10. The Morgan fingerprint density at radius 1 is 1.32 bits per heavy atom. The predicted octanol–water partition coefficient (Wildman–Crippen LogP) is 3.55. The van der Waals surface area contributed by atoms with Crippen molar-refractivity contribution in [2.45, 2.75) is 43.8 Å². The normalized spacial score (nSPS) is 11.8. The summed E-state index contributed by atoms with van der Waals surface area (Å²) in [4.78, 5) is 5.45. The highest BCUT2D eigenvalue weighted by Gasteiger charge is 2.21. The molecule has 0 atom stereocenters. The van der Waals surface area contributed by atoms with Crippen molar-refractivity contribution in [2.24, 2.45) is 0 Å². The summed E-state index contributed by atoms with van der Waals surface area (Å²) >= 11 is 1.62. The Morgan fingerprint density at radius 2 is 2.05 bits per heavy atom. The summed E-state index contributed by atoms with van der Waals surface area (Å²) in [6.07, 6.45) is 0. The molecule has 0 radical (unpaired) electrons. The quantitative estimate of drug-likeness (QED) is 0.686. The number of nitrogens with zero attached hydrogens (tertiary/aromatic N) is 2. The molecule has 1 aromatic carbocycles. The zero-order valence-electron chi connectivity index (χ0n) is 11.7. The third-order valence-corrected chi connectivity index (χ3v) is 3.72. The number of rotatable bonds is 3. The van der Waals surface area contributed by atoms with E-state index < -0.39 is 0 Å². The molecule has 0 unspecified atom stereocenters. The first-order valence-corrected chi connectivity index (χ1v) is 7.17. The molecule has 0 bridgehead atoms. The van der Waals surface area contributed by atoms with E-state index >= 15 is 0 Å². The monoisotopic (exact) mass is 277 g/mol. The first kappa shape index (κ1) is 13.9. The van der Waals surface area contributed by atoms with E-state index in [1.54, 1.807) is 11.8 Å². The Morgan fingerprint density at radius 3 is 2.63 bits per heavy atom. The van der Waals surface area contributed by atoms with Crippen LogP contribution in [0.3, 0.4) is 0 Å². The molecule has 5 heteroatoms. The van der Waals surface area contributed by atoms with E-state index in [1.807, 2.05) is 19.1 Å². The average Bonchev–Trinajstić information content (AvgIpc) is 2.76. The molecule has 0 saturated carbocycles. The van der Waals surface area contributed by atoms with Gasteiger partial charge in [0.05, 0.1) is 5.75 Å². The van der Waals surface area contributed by atoms with E-state index in [0.29, 0.717) is 17.5 Å². The van der Waals surface area contributed by atoms with Gasteiger partial charge in [-0.3, -0.25) is 0 Å². The van der Waals surface area contributed by atoms with E-state index in [1.165, 1.54) is 0 Å². The van der Waals surface area contributed by atoms with Gasteiger partial charge < -0.3 is 10.3 Å². The molecular formula is C14H19N3OS. The lowest BCUT2D eigenvalue weighted by Crippen LogP contribution is -2.11. The molecule has 102 valence electrons. The summed E-state index contributed by atoms with van der Waals surface area (Å²) in [7, 11) is 0. The molecule has 0 saturated heterocycles. The molecular weight excluding hydrogens is 258 g/mol. The minimum absolute atomic E-state index is 0.112. The van der Waals surface area contributed by atoms with Gasteiger partial charge in [0.15, 0.2) is 5.82 Å². The van der Waals surface area contributed by atoms with Crippen LogP contribution in [0.4, 0.5) is 5.69 Å². The fourth-order valence-corrected chi connectivity index (χ4v) is 2.35. The molecule has 2 N–H and O–H groups in total. The van der Waals surface area contributed by atoms with Crippen LogP contribution in [0.15, 0.2) is 27.6 Å². The molecule has 1 heterocycles. The number of anilines is 1. The second-order valence-electron chi connectivity index (χ2n) is 5.60. The molecule has 2 aromatic rings. The molecule has 0 aliphatic heterocycles. The first-order valence-electron chi connectivity index (χ1n) is 6.18. The van der Waals surface area contributed by atoms with Gasteiger partial charge in [0, 0.05) is 16.0 Å². The molecule has 4 nitrogen and oxygen atoms in total. The fourth-order valence-electron chi connectivity index (χ4n) is 1.56. The lowest BCUT2D eigenvalue weighted by molar-refractivity contribution is 0.319. The largest absolute Gasteiger partial charge is 0.398 e. The minimum Gasteiger partial charge on any atom is -0.398 e. The van der Waals surface area contributed by atoms with Gasteiger partial charge in [0.25, 0.3) is 0 Å². The van der Waals surface area contributed by atoms with Crippen LogP contribution in [0.5, 0.6) is 0 Å². The number of benzene rings is 1. The molecule has 2 rings (SSSR count). The van der Waals surface area contributed by atoms with E-state index in [4.69, 9.17) is 10.3 Å². The summed E-state index contributed by atoms with van der Waals surface area (Å²) in [5.41, 5.74) is 7.82. The average molecular weight is 277 g/mol. The number of thioether (sulfide) groups is 1. The van der Waals surface area contributed by atoms with Crippen LogP contribution in [-0.2, 0) is 11.2 Å².